The Balaban J connectivity index is 1.79. The van der Waals surface area contributed by atoms with Gasteiger partial charge in [0.2, 0.25) is 0 Å². The van der Waals surface area contributed by atoms with Gasteiger partial charge in [-0.1, -0.05) is 71.4 Å². The van der Waals surface area contributed by atoms with E-state index >= 15 is 0 Å². The van der Waals surface area contributed by atoms with Crippen molar-refractivity contribution in [1.29, 1.82) is 0 Å². The lowest BCUT2D eigenvalue weighted by molar-refractivity contribution is -0.120. The molecule has 1 aliphatic rings. The van der Waals surface area contributed by atoms with Gasteiger partial charge in [-0.3, -0.25) is 9.59 Å². The third kappa shape index (κ3) is 3.74. The number of carbonyl (C=O) groups is 2. The summed E-state index contributed by atoms with van der Waals surface area (Å²) in [5, 5.41) is 3.17. The molecular formula is C24H19BrN2O2. The molecule has 0 bridgehead atoms. The van der Waals surface area contributed by atoms with Gasteiger partial charge in [0.05, 0.1) is 11.3 Å². The van der Waals surface area contributed by atoms with Gasteiger partial charge in [-0.25, -0.2) is 4.90 Å². The molecule has 0 atom stereocenters. The maximum Gasteiger partial charge on any atom is 0.282 e. The average Bonchev–Trinajstić information content (AvgIpc) is 2.98. The number of nitrogens with one attached hydrogen (secondary N) is 1. The van der Waals surface area contributed by atoms with Gasteiger partial charge in [-0.15, -0.1) is 0 Å². The number of amides is 2. The Labute approximate surface area is 178 Å². The molecule has 0 radical (unpaired) electrons. The van der Waals surface area contributed by atoms with Crippen LogP contribution in [-0.4, -0.2) is 11.8 Å². The van der Waals surface area contributed by atoms with Crippen LogP contribution in [0.15, 0.2) is 89.0 Å². The number of hydrogen-bond acceptors (Lipinski definition) is 3. The zero-order chi connectivity index (χ0) is 20.4. The molecule has 3 aromatic carbocycles. The van der Waals surface area contributed by atoms with E-state index in [0.29, 0.717) is 16.8 Å². The SMILES string of the molecule is CCc1ccc(N2C(=O)C(Nc3cccc(Br)c3)=C(c3ccccc3)C2=O)cc1. The third-order valence-electron chi connectivity index (χ3n) is 4.84. The van der Waals surface area contributed by atoms with Crippen LogP contribution < -0.4 is 10.2 Å². The van der Waals surface area contributed by atoms with Crippen molar-refractivity contribution in [3.05, 3.63) is 100 Å². The quantitative estimate of drug-likeness (QED) is 0.533. The highest BCUT2D eigenvalue weighted by atomic mass is 79.9. The highest BCUT2D eigenvalue weighted by molar-refractivity contribution is 9.10. The van der Waals surface area contributed by atoms with Gasteiger partial charge >= 0.3 is 0 Å². The Kier molecular flexibility index (Phi) is 5.32. The zero-order valence-corrected chi connectivity index (χ0v) is 17.4. The minimum absolute atomic E-state index is 0.277. The number of benzene rings is 3. The van der Waals surface area contributed by atoms with Crippen molar-refractivity contribution in [3.63, 3.8) is 0 Å². The Hall–Kier alpha value is -3.18. The van der Waals surface area contributed by atoms with E-state index in [0.717, 1.165) is 22.1 Å². The van der Waals surface area contributed by atoms with Crippen LogP contribution in [0.1, 0.15) is 18.1 Å². The molecule has 4 nitrogen and oxygen atoms in total. The second kappa shape index (κ2) is 8.05. The van der Waals surface area contributed by atoms with E-state index in [4.69, 9.17) is 0 Å². The molecule has 0 saturated heterocycles. The van der Waals surface area contributed by atoms with E-state index in [1.54, 1.807) is 0 Å². The molecule has 0 fully saturated rings. The molecule has 0 aliphatic carbocycles. The van der Waals surface area contributed by atoms with Crippen molar-refractivity contribution >= 4 is 44.7 Å². The van der Waals surface area contributed by atoms with Crippen molar-refractivity contribution in [2.75, 3.05) is 10.2 Å². The summed E-state index contributed by atoms with van der Waals surface area (Å²) in [4.78, 5) is 27.9. The molecule has 0 spiro atoms. The normalized spacial score (nSPS) is 13.9. The number of halogens is 1. The van der Waals surface area contributed by atoms with Gasteiger partial charge < -0.3 is 5.32 Å². The number of rotatable bonds is 5. The number of imide groups is 1. The van der Waals surface area contributed by atoms with Crippen LogP contribution >= 0.6 is 15.9 Å². The largest absolute Gasteiger partial charge is 0.350 e. The number of nitrogens with zero attached hydrogens (tertiary/aromatic N) is 1. The van der Waals surface area contributed by atoms with E-state index in [1.807, 2.05) is 78.9 Å². The van der Waals surface area contributed by atoms with E-state index < -0.39 is 0 Å². The van der Waals surface area contributed by atoms with Gasteiger partial charge in [0.1, 0.15) is 5.70 Å². The van der Waals surface area contributed by atoms with Crippen molar-refractivity contribution in [3.8, 4) is 0 Å². The predicted octanol–water partition coefficient (Wildman–Crippen LogP) is 5.41. The average molecular weight is 447 g/mol. The van der Waals surface area contributed by atoms with E-state index in [2.05, 4.69) is 28.2 Å². The first-order chi connectivity index (χ1) is 14.1. The predicted molar refractivity (Wildman–Crippen MR) is 119 cm³/mol. The first kappa shape index (κ1) is 19.2. The lowest BCUT2D eigenvalue weighted by atomic mass is 10.0. The Morgan fingerprint density at radius 2 is 1.59 bits per heavy atom. The molecule has 144 valence electrons. The molecular weight excluding hydrogens is 428 g/mol. The number of carbonyl (C=O) groups excluding carboxylic acids is 2. The fraction of sp³-hybridized carbons (Fsp3) is 0.0833. The molecule has 2 amide bonds. The van der Waals surface area contributed by atoms with E-state index in [-0.39, 0.29) is 17.5 Å². The second-order valence-corrected chi connectivity index (χ2v) is 7.63. The van der Waals surface area contributed by atoms with Crippen molar-refractivity contribution in [1.82, 2.24) is 0 Å². The topological polar surface area (TPSA) is 49.4 Å². The second-order valence-electron chi connectivity index (χ2n) is 6.72. The van der Waals surface area contributed by atoms with Gasteiger partial charge in [0.15, 0.2) is 0 Å². The van der Waals surface area contributed by atoms with Gasteiger partial charge in [0, 0.05) is 10.2 Å². The fourth-order valence-electron chi connectivity index (χ4n) is 3.34. The Morgan fingerprint density at radius 3 is 2.24 bits per heavy atom. The lowest BCUT2D eigenvalue weighted by Crippen LogP contribution is -2.32. The van der Waals surface area contributed by atoms with Crippen LogP contribution in [0.3, 0.4) is 0 Å². The van der Waals surface area contributed by atoms with E-state index in [1.165, 1.54) is 4.90 Å². The summed E-state index contributed by atoms with van der Waals surface area (Å²) in [7, 11) is 0. The standard InChI is InChI=1S/C24H19BrN2O2/c1-2-16-11-13-20(14-12-16)27-23(28)21(17-7-4-3-5-8-17)22(24(27)29)26-19-10-6-9-18(25)15-19/h3-15,26H,2H2,1H3. The summed E-state index contributed by atoms with van der Waals surface area (Å²) in [5.41, 5.74) is 3.80. The van der Waals surface area contributed by atoms with Crippen molar-refractivity contribution in [2.45, 2.75) is 13.3 Å². The van der Waals surface area contributed by atoms with Crippen molar-refractivity contribution in [2.24, 2.45) is 0 Å². The molecule has 3 aromatic rings. The lowest BCUT2D eigenvalue weighted by Gasteiger charge is -2.16. The number of hydrogen-bond donors (Lipinski definition) is 1. The molecule has 0 unspecified atom stereocenters. The molecule has 0 aromatic heterocycles. The molecule has 5 heteroatoms. The monoisotopic (exact) mass is 446 g/mol. The maximum absolute atomic E-state index is 13.3. The van der Waals surface area contributed by atoms with Gasteiger partial charge in [0.25, 0.3) is 11.8 Å². The van der Waals surface area contributed by atoms with Gasteiger partial charge in [-0.05, 0) is 47.9 Å². The van der Waals surface area contributed by atoms with Crippen LogP contribution in [0.5, 0.6) is 0 Å². The molecule has 4 rings (SSSR count). The molecule has 29 heavy (non-hydrogen) atoms. The summed E-state index contributed by atoms with van der Waals surface area (Å²) >= 11 is 3.44. The van der Waals surface area contributed by atoms with Gasteiger partial charge in [-0.2, -0.15) is 0 Å². The molecule has 1 heterocycles. The fourth-order valence-corrected chi connectivity index (χ4v) is 3.74. The first-order valence-corrected chi connectivity index (χ1v) is 10.2. The van der Waals surface area contributed by atoms with Crippen LogP contribution in [0.4, 0.5) is 11.4 Å². The number of aryl methyl sites for hydroxylation is 1. The molecule has 1 N–H and O–H groups in total. The van der Waals surface area contributed by atoms with Crippen LogP contribution in [0.2, 0.25) is 0 Å². The smallest absolute Gasteiger partial charge is 0.282 e. The van der Waals surface area contributed by atoms with Crippen LogP contribution in [0.25, 0.3) is 5.57 Å². The first-order valence-electron chi connectivity index (χ1n) is 9.38. The maximum atomic E-state index is 13.3. The Morgan fingerprint density at radius 1 is 0.862 bits per heavy atom. The number of anilines is 2. The minimum Gasteiger partial charge on any atom is -0.350 e. The highest BCUT2D eigenvalue weighted by Gasteiger charge is 2.40. The summed E-state index contributed by atoms with van der Waals surface area (Å²) in [6, 6.07) is 24.3. The van der Waals surface area contributed by atoms with Crippen LogP contribution in [-0.2, 0) is 16.0 Å². The third-order valence-corrected chi connectivity index (χ3v) is 5.34. The van der Waals surface area contributed by atoms with E-state index in [9.17, 15) is 9.59 Å². The summed E-state index contributed by atoms with van der Waals surface area (Å²) < 4.78 is 0.883. The summed E-state index contributed by atoms with van der Waals surface area (Å²) in [6.07, 6.45) is 0.894. The summed E-state index contributed by atoms with van der Waals surface area (Å²) in [5.74, 6) is -0.693. The molecule has 0 saturated carbocycles. The van der Waals surface area contributed by atoms with Crippen molar-refractivity contribution < 1.29 is 9.59 Å². The van der Waals surface area contributed by atoms with Crippen LogP contribution in [0, 0.1) is 0 Å². The Bertz CT molecular complexity index is 1110. The highest BCUT2D eigenvalue weighted by Crippen LogP contribution is 2.34. The minimum atomic E-state index is -0.363. The zero-order valence-electron chi connectivity index (χ0n) is 15.9. The summed E-state index contributed by atoms with van der Waals surface area (Å²) in [6.45, 7) is 2.07. The molecule has 1 aliphatic heterocycles.